The minimum Gasteiger partial charge on any atom is -0.339 e. The summed E-state index contributed by atoms with van der Waals surface area (Å²) in [6, 6.07) is 0. The van der Waals surface area contributed by atoms with E-state index in [0.29, 0.717) is 0 Å². The Morgan fingerprint density at radius 2 is 2.21 bits per heavy atom. The van der Waals surface area contributed by atoms with Crippen LogP contribution in [0.25, 0.3) is 0 Å². The van der Waals surface area contributed by atoms with Gasteiger partial charge in [0.15, 0.2) is 0 Å². The molecule has 1 aliphatic heterocycles. The number of carbonyl (C=O) groups is 1. The van der Waals surface area contributed by atoms with Gasteiger partial charge in [0.1, 0.15) is 0 Å². The Hall–Kier alpha value is -1.36. The van der Waals surface area contributed by atoms with E-state index >= 15 is 0 Å². The van der Waals surface area contributed by atoms with Crippen molar-refractivity contribution < 1.29 is 4.79 Å². The van der Waals surface area contributed by atoms with Gasteiger partial charge in [-0.1, -0.05) is 0 Å². The lowest BCUT2D eigenvalue weighted by Crippen LogP contribution is -2.38. The Balaban J connectivity index is 1.85. The number of amides is 1. The van der Waals surface area contributed by atoms with Gasteiger partial charge in [0.05, 0.1) is 11.8 Å². The molecule has 1 N–H and O–H groups in total. The minimum atomic E-state index is 0.131. The molecule has 1 saturated heterocycles. The third kappa shape index (κ3) is 3.56. The lowest BCUT2D eigenvalue weighted by atomic mass is 9.93. The van der Waals surface area contributed by atoms with Gasteiger partial charge in [0.25, 0.3) is 5.91 Å². The molecule has 1 aromatic heterocycles. The van der Waals surface area contributed by atoms with Crippen molar-refractivity contribution in [2.45, 2.75) is 32.7 Å². The Bertz CT molecular complexity index is 407. The molecule has 5 nitrogen and oxygen atoms in total. The second-order valence-electron chi connectivity index (χ2n) is 5.21. The fraction of sp³-hybridized carbons (Fsp3) is 0.714. The Morgan fingerprint density at radius 1 is 1.47 bits per heavy atom. The molecule has 0 spiro atoms. The van der Waals surface area contributed by atoms with Gasteiger partial charge in [-0.25, -0.2) is 0 Å². The quantitative estimate of drug-likeness (QED) is 0.873. The van der Waals surface area contributed by atoms with E-state index in [-0.39, 0.29) is 5.91 Å². The van der Waals surface area contributed by atoms with E-state index < -0.39 is 0 Å². The van der Waals surface area contributed by atoms with Crippen molar-refractivity contribution in [2.75, 3.05) is 26.7 Å². The number of rotatable bonds is 5. The van der Waals surface area contributed by atoms with Crippen molar-refractivity contribution in [3.8, 4) is 0 Å². The molecule has 19 heavy (non-hydrogen) atoms. The van der Waals surface area contributed by atoms with Gasteiger partial charge in [-0.05, 0) is 45.7 Å². The van der Waals surface area contributed by atoms with Crippen LogP contribution in [-0.4, -0.2) is 47.3 Å². The molecule has 2 rings (SSSR count). The van der Waals surface area contributed by atoms with Gasteiger partial charge >= 0.3 is 0 Å². The van der Waals surface area contributed by atoms with Crippen molar-refractivity contribution in [1.82, 2.24) is 20.0 Å². The molecule has 1 fully saturated rings. The summed E-state index contributed by atoms with van der Waals surface area (Å²) >= 11 is 0. The summed E-state index contributed by atoms with van der Waals surface area (Å²) in [5.74, 6) is 0.890. The topological polar surface area (TPSA) is 50.2 Å². The van der Waals surface area contributed by atoms with Gasteiger partial charge in [-0.15, -0.1) is 0 Å². The minimum absolute atomic E-state index is 0.131. The molecule has 0 bridgehead atoms. The maximum absolute atomic E-state index is 12.3. The van der Waals surface area contributed by atoms with Crippen molar-refractivity contribution in [2.24, 2.45) is 5.92 Å². The smallest absolute Gasteiger partial charge is 0.257 e. The monoisotopic (exact) mass is 264 g/mol. The largest absolute Gasteiger partial charge is 0.339 e. The van der Waals surface area contributed by atoms with Gasteiger partial charge in [0.2, 0.25) is 0 Å². The fourth-order valence-corrected chi connectivity index (χ4v) is 2.60. The molecular weight excluding hydrogens is 240 g/mol. The molecule has 0 aliphatic carbocycles. The van der Waals surface area contributed by atoms with Crippen LogP contribution in [0, 0.1) is 5.92 Å². The Labute approximate surface area is 115 Å². The Kier molecular flexibility index (Phi) is 4.96. The summed E-state index contributed by atoms with van der Waals surface area (Å²) in [5, 5.41) is 7.36. The van der Waals surface area contributed by atoms with Crippen LogP contribution < -0.4 is 5.32 Å². The maximum atomic E-state index is 12.3. The van der Waals surface area contributed by atoms with Crippen molar-refractivity contribution in [3.63, 3.8) is 0 Å². The van der Waals surface area contributed by atoms with Gasteiger partial charge in [0, 0.05) is 25.8 Å². The third-order valence-electron chi connectivity index (χ3n) is 3.91. The molecule has 0 aromatic carbocycles. The summed E-state index contributed by atoms with van der Waals surface area (Å²) in [4.78, 5) is 14.3. The number of hydrogen-bond acceptors (Lipinski definition) is 3. The zero-order chi connectivity index (χ0) is 13.7. The predicted octanol–water partition coefficient (Wildman–Crippen LogP) is 1.36. The average Bonchev–Trinajstić information content (AvgIpc) is 2.94. The van der Waals surface area contributed by atoms with Crippen LogP contribution in [0.3, 0.4) is 0 Å². The molecule has 0 saturated carbocycles. The van der Waals surface area contributed by atoms with E-state index in [1.54, 1.807) is 10.9 Å². The summed E-state index contributed by atoms with van der Waals surface area (Å²) < 4.78 is 1.80. The summed E-state index contributed by atoms with van der Waals surface area (Å²) in [5.41, 5.74) is 0.718. The molecular formula is C14H24N4O. The number of aryl methyl sites for hydroxylation is 1. The predicted molar refractivity (Wildman–Crippen MR) is 75.1 cm³/mol. The number of nitrogens with one attached hydrogen (secondary N) is 1. The average molecular weight is 264 g/mol. The number of nitrogens with zero attached hydrogens (tertiary/aromatic N) is 3. The molecule has 0 atom stereocenters. The van der Waals surface area contributed by atoms with Crippen molar-refractivity contribution in [1.29, 1.82) is 0 Å². The van der Waals surface area contributed by atoms with Crippen LogP contribution in [-0.2, 0) is 6.54 Å². The van der Waals surface area contributed by atoms with Crippen LogP contribution >= 0.6 is 0 Å². The zero-order valence-corrected chi connectivity index (χ0v) is 11.9. The molecule has 1 aliphatic rings. The van der Waals surface area contributed by atoms with Crippen LogP contribution in [0.5, 0.6) is 0 Å². The zero-order valence-electron chi connectivity index (χ0n) is 11.9. The van der Waals surface area contributed by atoms with E-state index in [4.69, 9.17) is 0 Å². The lowest BCUT2D eigenvalue weighted by molar-refractivity contribution is 0.0687. The molecule has 1 aromatic rings. The number of likely N-dealkylation sites (tertiary alicyclic amines) is 1. The van der Waals surface area contributed by atoms with Crippen LogP contribution in [0.15, 0.2) is 12.4 Å². The van der Waals surface area contributed by atoms with E-state index in [2.05, 4.69) is 10.4 Å². The molecule has 0 radical (unpaired) electrons. The van der Waals surface area contributed by atoms with E-state index in [1.165, 1.54) is 6.42 Å². The third-order valence-corrected chi connectivity index (χ3v) is 3.91. The van der Waals surface area contributed by atoms with Gasteiger partial charge < -0.3 is 10.2 Å². The fourth-order valence-electron chi connectivity index (χ4n) is 2.60. The first kappa shape index (κ1) is 14.1. The molecule has 1 amide bonds. The molecule has 106 valence electrons. The van der Waals surface area contributed by atoms with Gasteiger partial charge in [-0.3, -0.25) is 9.48 Å². The molecule has 5 heteroatoms. The van der Waals surface area contributed by atoms with Crippen molar-refractivity contribution >= 4 is 5.91 Å². The molecule has 0 unspecified atom stereocenters. The lowest BCUT2D eigenvalue weighted by Gasteiger charge is -2.31. The number of aromatic nitrogens is 2. The summed E-state index contributed by atoms with van der Waals surface area (Å²) in [6.07, 6.45) is 6.98. The maximum Gasteiger partial charge on any atom is 0.257 e. The van der Waals surface area contributed by atoms with E-state index in [9.17, 15) is 4.79 Å². The highest BCUT2D eigenvalue weighted by molar-refractivity contribution is 5.93. The standard InChI is InChI=1S/C14H24N4O/c1-3-18-11-13(10-16-18)14(19)17-8-5-12(6-9-17)4-7-15-2/h10-12,15H,3-9H2,1-2H3. The van der Waals surface area contributed by atoms with Crippen LogP contribution in [0.1, 0.15) is 36.5 Å². The summed E-state index contributed by atoms with van der Waals surface area (Å²) in [6.45, 7) is 5.66. The first-order valence-electron chi connectivity index (χ1n) is 7.21. The molecule has 2 heterocycles. The number of piperidine rings is 1. The number of carbonyl (C=O) groups excluding carboxylic acids is 1. The highest BCUT2D eigenvalue weighted by atomic mass is 16.2. The van der Waals surface area contributed by atoms with Gasteiger partial charge in [-0.2, -0.15) is 5.10 Å². The second-order valence-corrected chi connectivity index (χ2v) is 5.21. The number of hydrogen-bond donors (Lipinski definition) is 1. The summed E-state index contributed by atoms with van der Waals surface area (Å²) in [7, 11) is 1.99. The van der Waals surface area contributed by atoms with E-state index in [0.717, 1.165) is 50.5 Å². The second kappa shape index (κ2) is 6.70. The van der Waals surface area contributed by atoms with Crippen molar-refractivity contribution in [3.05, 3.63) is 18.0 Å². The first-order valence-corrected chi connectivity index (χ1v) is 7.21. The normalized spacial score (nSPS) is 16.8. The highest BCUT2D eigenvalue weighted by Crippen LogP contribution is 2.21. The first-order chi connectivity index (χ1) is 9.24. The van der Waals surface area contributed by atoms with Crippen LogP contribution in [0.2, 0.25) is 0 Å². The SMILES string of the molecule is CCn1cc(C(=O)N2CCC(CCNC)CC2)cn1. The Morgan fingerprint density at radius 3 is 2.79 bits per heavy atom. The van der Waals surface area contributed by atoms with Crippen LogP contribution in [0.4, 0.5) is 0 Å². The highest BCUT2D eigenvalue weighted by Gasteiger charge is 2.23. The van der Waals surface area contributed by atoms with E-state index in [1.807, 2.05) is 25.1 Å².